The number of carboxylic acids is 2. The number of nitrogens with one attached hydrogen (secondary N) is 3. The summed E-state index contributed by atoms with van der Waals surface area (Å²) in [5.41, 5.74) is 8.25. The van der Waals surface area contributed by atoms with Gasteiger partial charge >= 0.3 is 11.9 Å². The molecule has 0 aliphatic rings. The van der Waals surface area contributed by atoms with Gasteiger partial charge < -0.3 is 26.2 Å². The fourth-order valence-electron chi connectivity index (χ4n) is 4.25. The number of H-pyrrole nitrogens is 1. The minimum atomic E-state index is -1.16. The first-order valence-corrected chi connectivity index (χ1v) is 12.2. The zero-order valence-electron chi connectivity index (χ0n) is 20.2. The molecular formula is C27H34N4O5. The van der Waals surface area contributed by atoms with Crippen LogP contribution >= 0.6 is 0 Å². The number of hydrogen-bond acceptors (Lipinski definition) is 5. The maximum Gasteiger partial charge on any atom is 0.326 e. The molecule has 0 saturated carbocycles. The standard InChI is InChI=1S/C27H34N4O5/c28-15-7-6-12-22(30-23(26(33)34)14-13-18-8-2-1-3-9-18)25(32)31-24(27(35)36)16-19-17-29-21-11-5-4-10-20(19)21/h1-5,8-11,17,22-24,29-30H,6-7,12-16,28H2,(H,31,32)(H,33,34)(H,35,36)/t22-,23+,24-/m0/s1. The van der Waals surface area contributed by atoms with Crippen molar-refractivity contribution in [2.24, 2.45) is 5.73 Å². The Balaban J connectivity index is 1.71. The number of amides is 1. The number of aromatic amines is 1. The van der Waals surface area contributed by atoms with Gasteiger partial charge in [0, 0.05) is 23.5 Å². The Morgan fingerprint density at radius 3 is 2.25 bits per heavy atom. The summed E-state index contributed by atoms with van der Waals surface area (Å²) in [6, 6.07) is 14.1. The number of carbonyl (C=O) groups excluding carboxylic acids is 1. The van der Waals surface area contributed by atoms with Crippen LogP contribution < -0.4 is 16.4 Å². The summed E-state index contributed by atoms with van der Waals surface area (Å²) in [4.78, 5) is 40.3. The second kappa shape index (κ2) is 13.4. The number of unbranched alkanes of at least 4 members (excludes halogenated alkanes) is 1. The number of benzene rings is 2. The predicted molar refractivity (Wildman–Crippen MR) is 138 cm³/mol. The highest BCUT2D eigenvalue weighted by molar-refractivity contribution is 5.89. The number of rotatable bonds is 15. The minimum Gasteiger partial charge on any atom is -0.480 e. The first-order chi connectivity index (χ1) is 17.4. The lowest BCUT2D eigenvalue weighted by Crippen LogP contribution is -2.54. The van der Waals surface area contributed by atoms with Crippen LogP contribution in [-0.4, -0.2) is 57.7 Å². The lowest BCUT2D eigenvalue weighted by atomic mass is 10.0. The summed E-state index contributed by atoms with van der Waals surface area (Å²) < 4.78 is 0. The molecule has 0 spiro atoms. The zero-order valence-corrected chi connectivity index (χ0v) is 20.2. The van der Waals surface area contributed by atoms with Crippen LogP contribution in [0.5, 0.6) is 0 Å². The van der Waals surface area contributed by atoms with Gasteiger partial charge in [-0.2, -0.15) is 0 Å². The third-order valence-corrected chi connectivity index (χ3v) is 6.24. The van der Waals surface area contributed by atoms with Crippen LogP contribution in [0.4, 0.5) is 0 Å². The smallest absolute Gasteiger partial charge is 0.326 e. The van der Waals surface area contributed by atoms with E-state index in [9.17, 15) is 24.6 Å². The van der Waals surface area contributed by atoms with E-state index in [0.29, 0.717) is 32.2 Å². The molecule has 1 heterocycles. The number of para-hydroxylation sites is 1. The van der Waals surface area contributed by atoms with Crippen molar-refractivity contribution in [1.29, 1.82) is 0 Å². The Labute approximate surface area is 210 Å². The van der Waals surface area contributed by atoms with Crippen molar-refractivity contribution in [1.82, 2.24) is 15.6 Å². The average Bonchev–Trinajstić information content (AvgIpc) is 3.28. The first kappa shape index (κ1) is 26.9. The van der Waals surface area contributed by atoms with Gasteiger partial charge in [0.05, 0.1) is 6.04 Å². The molecule has 9 heteroatoms. The van der Waals surface area contributed by atoms with E-state index in [-0.39, 0.29) is 12.8 Å². The van der Waals surface area contributed by atoms with Crippen LogP contribution in [0.1, 0.15) is 36.8 Å². The fourth-order valence-corrected chi connectivity index (χ4v) is 4.25. The number of aryl methyl sites for hydroxylation is 1. The van der Waals surface area contributed by atoms with Crippen LogP contribution in [0.25, 0.3) is 10.9 Å². The number of carboxylic acid groups (broad SMARTS) is 2. The van der Waals surface area contributed by atoms with E-state index in [1.54, 1.807) is 6.20 Å². The molecule has 36 heavy (non-hydrogen) atoms. The highest BCUT2D eigenvalue weighted by Gasteiger charge is 2.29. The zero-order chi connectivity index (χ0) is 25.9. The molecule has 9 nitrogen and oxygen atoms in total. The third kappa shape index (κ3) is 7.66. The van der Waals surface area contributed by atoms with Crippen molar-refractivity contribution >= 4 is 28.7 Å². The summed E-state index contributed by atoms with van der Waals surface area (Å²) >= 11 is 0. The molecule has 0 bridgehead atoms. The largest absolute Gasteiger partial charge is 0.480 e. The molecular weight excluding hydrogens is 460 g/mol. The van der Waals surface area contributed by atoms with Gasteiger partial charge in [0.1, 0.15) is 12.1 Å². The van der Waals surface area contributed by atoms with Crippen molar-refractivity contribution in [2.45, 2.75) is 56.7 Å². The maximum absolute atomic E-state index is 13.2. The molecule has 3 atom stereocenters. The third-order valence-electron chi connectivity index (χ3n) is 6.24. The van der Waals surface area contributed by atoms with Gasteiger partial charge in [-0.15, -0.1) is 0 Å². The Morgan fingerprint density at radius 2 is 1.56 bits per heavy atom. The second-order valence-electron chi connectivity index (χ2n) is 8.88. The quantitative estimate of drug-likeness (QED) is 0.177. The maximum atomic E-state index is 13.2. The number of fused-ring (bicyclic) bond motifs is 1. The van der Waals surface area contributed by atoms with Crippen LogP contribution in [0.2, 0.25) is 0 Å². The molecule has 192 valence electrons. The van der Waals surface area contributed by atoms with Crippen LogP contribution in [0.15, 0.2) is 60.8 Å². The van der Waals surface area contributed by atoms with E-state index in [2.05, 4.69) is 15.6 Å². The molecule has 7 N–H and O–H groups in total. The Kier molecular flexibility index (Phi) is 10.0. The number of aromatic nitrogens is 1. The molecule has 2 aromatic carbocycles. The molecule has 0 unspecified atom stereocenters. The summed E-state index contributed by atoms with van der Waals surface area (Å²) in [5.74, 6) is -2.76. The number of carbonyl (C=O) groups is 3. The van der Waals surface area contributed by atoms with E-state index in [0.717, 1.165) is 22.0 Å². The SMILES string of the molecule is NCCCC[C@H](N[C@H](CCc1ccccc1)C(=O)O)C(=O)N[C@@H](Cc1c[nH]c2ccccc12)C(=O)O. The van der Waals surface area contributed by atoms with Gasteiger partial charge in [-0.05, 0) is 49.4 Å². The minimum absolute atomic E-state index is 0.0942. The van der Waals surface area contributed by atoms with Gasteiger partial charge in [0.25, 0.3) is 0 Å². The summed E-state index contributed by atoms with van der Waals surface area (Å²) in [5, 5.41) is 26.1. The van der Waals surface area contributed by atoms with Gasteiger partial charge in [-0.25, -0.2) is 4.79 Å². The summed E-state index contributed by atoms with van der Waals surface area (Å²) in [6.07, 6.45) is 4.28. The molecule has 0 fully saturated rings. The monoisotopic (exact) mass is 494 g/mol. The molecule has 3 aromatic rings. The predicted octanol–water partition coefficient (Wildman–Crippen LogP) is 2.45. The van der Waals surface area contributed by atoms with E-state index in [1.807, 2.05) is 54.6 Å². The molecule has 1 aromatic heterocycles. The summed E-state index contributed by atoms with van der Waals surface area (Å²) in [6.45, 7) is 0.447. The second-order valence-corrected chi connectivity index (χ2v) is 8.88. The number of aliphatic carboxylic acids is 2. The Bertz CT molecular complexity index is 1150. The summed E-state index contributed by atoms with van der Waals surface area (Å²) in [7, 11) is 0. The highest BCUT2D eigenvalue weighted by Crippen LogP contribution is 2.19. The van der Waals surface area contributed by atoms with Gasteiger partial charge in [-0.1, -0.05) is 55.0 Å². The van der Waals surface area contributed by atoms with Crippen molar-refractivity contribution in [3.63, 3.8) is 0 Å². The van der Waals surface area contributed by atoms with E-state index in [1.165, 1.54) is 0 Å². The molecule has 0 saturated heterocycles. The van der Waals surface area contributed by atoms with Crippen LogP contribution in [-0.2, 0) is 27.2 Å². The van der Waals surface area contributed by atoms with Crippen molar-refractivity contribution in [3.8, 4) is 0 Å². The fraction of sp³-hybridized carbons (Fsp3) is 0.370. The number of hydrogen-bond donors (Lipinski definition) is 6. The number of nitrogens with two attached hydrogens (primary N) is 1. The lowest BCUT2D eigenvalue weighted by Gasteiger charge is -2.25. The average molecular weight is 495 g/mol. The highest BCUT2D eigenvalue weighted by atomic mass is 16.4. The normalized spacial score (nSPS) is 13.7. The van der Waals surface area contributed by atoms with E-state index < -0.39 is 36.0 Å². The van der Waals surface area contributed by atoms with E-state index in [4.69, 9.17) is 5.73 Å². The van der Waals surface area contributed by atoms with Crippen LogP contribution in [0.3, 0.4) is 0 Å². The van der Waals surface area contributed by atoms with Gasteiger partial charge in [0.2, 0.25) is 5.91 Å². The molecule has 1 amide bonds. The Hall–Kier alpha value is -3.69. The Morgan fingerprint density at radius 1 is 0.861 bits per heavy atom. The van der Waals surface area contributed by atoms with Crippen molar-refractivity contribution in [3.05, 3.63) is 71.9 Å². The van der Waals surface area contributed by atoms with Crippen molar-refractivity contribution < 1.29 is 24.6 Å². The molecule has 0 radical (unpaired) electrons. The molecule has 3 rings (SSSR count). The van der Waals surface area contributed by atoms with E-state index >= 15 is 0 Å². The lowest BCUT2D eigenvalue weighted by molar-refractivity contribution is -0.143. The first-order valence-electron chi connectivity index (χ1n) is 12.2. The molecule has 0 aliphatic heterocycles. The van der Waals surface area contributed by atoms with Crippen molar-refractivity contribution in [2.75, 3.05) is 6.54 Å². The van der Waals surface area contributed by atoms with Gasteiger partial charge in [0.15, 0.2) is 0 Å². The molecule has 0 aliphatic carbocycles. The topological polar surface area (TPSA) is 158 Å². The van der Waals surface area contributed by atoms with Crippen LogP contribution in [0, 0.1) is 0 Å². The van der Waals surface area contributed by atoms with Gasteiger partial charge in [-0.3, -0.25) is 14.9 Å².